The van der Waals surface area contributed by atoms with Gasteiger partial charge in [0.15, 0.2) is 0 Å². The Kier molecular flexibility index (Phi) is 3.88. The quantitative estimate of drug-likeness (QED) is 0.625. The lowest BCUT2D eigenvalue weighted by Crippen LogP contribution is -2.47. The van der Waals surface area contributed by atoms with Crippen LogP contribution in [0.1, 0.15) is 29.2 Å². The molecule has 1 atom stereocenters. The second-order valence-corrected chi connectivity index (χ2v) is 8.49. The van der Waals surface area contributed by atoms with Crippen LogP contribution in [-0.2, 0) is 30.6 Å². The van der Waals surface area contributed by atoms with Crippen LogP contribution >= 0.6 is 11.6 Å². The molecule has 0 fully saturated rings. The fraction of sp³-hybridized carbons (Fsp3) is 0.304. The predicted octanol–water partition coefficient (Wildman–Crippen LogP) is 4.87. The van der Waals surface area contributed by atoms with E-state index in [2.05, 4.69) is 36.3 Å². The zero-order chi connectivity index (χ0) is 19.5. The van der Waals surface area contributed by atoms with Gasteiger partial charge in [0.05, 0.1) is 23.0 Å². The number of amides is 1. The number of carbonyl (C=O) groups excluding carboxylic acids is 1. The van der Waals surface area contributed by atoms with Gasteiger partial charge in [-0.1, -0.05) is 41.4 Å². The van der Waals surface area contributed by atoms with Gasteiger partial charge in [-0.25, -0.2) is 0 Å². The minimum atomic E-state index is -0.439. The highest BCUT2D eigenvalue weighted by Gasteiger charge is 2.50. The maximum Gasteiger partial charge on any atom is 0.238 e. The fourth-order valence-electron chi connectivity index (χ4n) is 4.74. The number of aromatic nitrogens is 2. The molecule has 3 aromatic rings. The van der Waals surface area contributed by atoms with Crippen LogP contribution in [0.25, 0.3) is 0 Å². The standard InChI is InChI=1S/C23H22ClN3O/c1-3-26-14-20(13-25-26)27-21-9-19(24)7-6-17(21)11-23(22(27)28)10-16-5-4-15(2)8-18(16)12-23/h4-9,13-14H,3,10-12H2,1-2H3. The summed E-state index contributed by atoms with van der Waals surface area (Å²) in [6, 6.07) is 12.4. The third kappa shape index (κ3) is 2.59. The maximum atomic E-state index is 13.9. The number of hydrogen-bond acceptors (Lipinski definition) is 2. The summed E-state index contributed by atoms with van der Waals surface area (Å²) in [4.78, 5) is 15.8. The van der Waals surface area contributed by atoms with E-state index in [1.165, 1.54) is 16.7 Å². The van der Waals surface area contributed by atoms with Crippen molar-refractivity contribution in [2.24, 2.45) is 5.41 Å². The molecule has 1 amide bonds. The molecule has 0 N–H and O–H groups in total. The lowest BCUT2D eigenvalue weighted by Gasteiger charge is -2.40. The SMILES string of the molecule is CCn1cc(N2C(=O)C3(Cc4ccc(C)cc4C3)Cc3ccc(Cl)cc32)cn1. The van der Waals surface area contributed by atoms with Crippen LogP contribution in [0.3, 0.4) is 0 Å². The minimum Gasteiger partial charge on any atom is -0.277 e. The van der Waals surface area contributed by atoms with Crippen LogP contribution in [-0.4, -0.2) is 15.7 Å². The molecular formula is C23H22ClN3O. The highest BCUT2D eigenvalue weighted by Crippen LogP contribution is 2.49. The second kappa shape index (κ2) is 6.21. The molecule has 0 radical (unpaired) electrons. The number of halogens is 1. The van der Waals surface area contributed by atoms with Crippen molar-refractivity contribution in [3.05, 3.63) is 76.1 Å². The van der Waals surface area contributed by atoms with Crippen LogP contribution in [0.5, 0.6) is 0 Å². The van der Waals surface area contributed by atoms with Gasteiger partial charge in [-0.3, -0.25) is 14.4 Å². The molecule has 0 saturated heterocycles. The van der Waals surface area contributed by atoms with Crippen LogP contribution in [0.4, 0.5) is 11.4 Å². The van der Waals surface area contributed by atoms with Gasteiger partial charge in [0, 0.05) is 17.8 Å². The third-order valence-corrected chi connectivity index (χ3v) is 6.33. The summed E-state index contributed by atoms with van der Waals surface area (Å²) in [5.41, 5.74) is 6.25. The van der Waals surface area contributed by atoms with Gasteiger partial charge in [0.2, 0.25) is 5.91 Å². The molecule has 1 aromatic heterocycles. The number of benzene rings is 2. The molecular weight excluding hydrogens is 370 g/mol. The first-order chi connectivity index (χ1) is 13.5. The van der Waals surface area contributed by atoms with Gasteiger partial charge in [-0.15, -0.1) is 0 Å². The van der Waals surface area contributed by atoms with Crippen molar-refractivity contribution in [1.29, 1.82) is 0 Å². The zero-order valence-electron chi connectivity index (χ0n) is 16.1. The molecule has 4 nitrogen and oxygen atoms in total. The van der Waals surface area contributed by atoms with Crippen LogP contribution < -0.4 is 4.90 Å². The van der Waals surface area contributed by atoms with E-state index in [0.29, 0.717) is 5.02 Å². The maximum absolute atomic E-state index is 13.9. The van der Waals surface area contributed by atoms with Gasteiger partial charge in [-0.05, 0) is 61.9 Å². The number of aryl methyl sites for hydroxylation is 2. The molecule has 0 saturated carbocycles. The van der Waals surface area contributed by atoms with Gasteiger partial charge >= 0.3 is 0 Å². The summed E-state index contributed by atoms with van der Waals surface area (Å²) >= 11 is 6.29. The number of rotatable bonds is 2. The predicted molar refractivity (Wildman–Crippen MR) is 111 cm³/mol. The first kappa shape index (κ1) is 17.5. The Morgan fingerprint density at radius 2 is 1.82 bits per heavy atom. The molecule has 142 valence electrons. The summed E-state index contributed by atoms with van der Waals surface area (Å²) in [5, 5.41) is 5.04. The van der Waals surface area contributed by atoms with Crippen LogP contribution in [0, 0.1) is 12.3 Å². The molecule has 1 unspecified atom stereocenters. The van der Waals surface area contributed by atoms with Crippen molar-refractivity contribution in [3.63, 3.8) is 0 Å². The van der Waals surface area contributed by atoms with Gasteiger partial charge in [0.1, 0.15) is 0 Å². The first-order valence-electron chi connectivity index (χ1n) is 9.73. The Bertz CT molecular complexity index is 1100. The number of hydrogen-bond donors (Lipinski definition) is 0. The van der Waals surface area contributed by atoms with Gasteiger partial charge < -0.3 is 0 Å². The van der Waals surface area contributed by atoms with Crippen LogP contribution in [0.2, 0.25) is 5.02 Å². The first-order valence-corrected chi connectivity index (χ1v) is 10.1. The largest absolute Gasteiger partial charge is 0.277 e. The van der Waals surface area contributed by atoms with Crippen LogP contribution in [0.15, 0.2) is 48.8 Å². The van der Waals surface area contributed by atoms with E-state index in [1.54, 1.807) is 6.20 Å². The minimum absolute atomic E-state index is 0.145. The smallest absolute Gasteiger partial charge is 0.238 e. The Morgan fingerprint density at radius 1 is 1.07 bits per heavy atom. The molecule has 0 bridgehead atoms. The van der Waals surface area contributed by atoms with E-state index < -0.39 is 5.41 Å². The van der Waals surface area contributed by atoms with E-state index in [0.717, 1.165) is 42.7 Å². The molecule has 1 aliphatic carbocycles. The summed E-state index contributed by atoms with van der Waals surface area (Å²) in [6.07, 6.45) is 6.01. The molecule has 2 aromatic carbocycles. The van der Waals surface area contributed by atoms with Crippen molar-refractivity contribution in [2.45, 2.75) is 39.7 Å². The molecule has 28 heavy (non-hydrogen) atoms. The number of nitrogens with zero attached hydrogens (tertiary/aromatic N) is 3. The second-order valence-electron chi connectivity index (χ2n) is 8.05. The highest BCUT2D eigenvalue weighted by molar-refractivity contribution is 6.31. The summed E-state index contributed by atoms with van der Waals surface area (Å²) in [5.74, 6) is 0.145. The third-order valence-electron chi connectivity index (χ3n) is 6.10. The average molecular weight is 392 g/mol. The van der Waals surface area contributed by atoms with Crippen molar-refractivity contribution < 1.29 is 4.79 Å². The van der Waals surface area contributed by atoms with E-state index in [1.807, 2.05) is 34.8 Å². The molecule has 1 aliphatic heterocycles. The zero-order valence-corrected chi connectivity index (χ0v) is 16.8. The summed E-state index contributed by atoms with van der Waals surface area (Å²) < 4.78 is 1.85. The topological polar surface area (TPSA) is 38.1 Å². The molecule has 2 aliphatic rings. The number of carbonyl (C=O) groups is 1. The number of fused-ring (bicyclic) bond motifs is 2. The van der Waals surface area contributed by atoms with Crippen molar-refractivity contribution >= 4 is 28.9 Å². The molecule has 1 spiro atoms. The lowest BCUT2D eigenvalue weighted by molar-refractivity contribution is -0.127. The Hall–Kier alpha value is -2.59. The molecule has 5 heteroatoms. The van der Waals surface area contributed by atoms with Crippen molar-refractivity contribution in [3.8, 4) is 0 Å². The summed E-state index contributed by atoms with van der Waals surface area (Å²) in [6.45, 7) is 4.91. The average Bonchev–Trinajstić information content (AvgIpc) is 3.28. The van der Waals surface area contributed by atoms with Crippen molar-refractivity contribution in [2.75, 3.05) is 4.90 Å². The lowest BCUT2D eigenvalue weighted by atomic mass is 9.74. The molecule has 2 heterocycles. The van der Waals surface area contributed by atoms with Gasteiger partial charge in [0.25, 0.3) is 0 Å². The number of anilines is 2. The van der Waals surface area contributed by atoms with Gasteiger partial charge in [-0.2, -0.15) is 5.10 Å². The van der Waals surface area contributed by atoms with E-state index >= 15 is 0 Å². The van der Waals surface area contributed by atoms with E-state index in [9.17, 15) is 4.79 Å². The molecule has 5 rings (SSSR count). The highest BCUT2D eigenvalue weighted by atomic mass is 35.5. The monoisotopic (exact) mass is 391 g/mol. The Morgan fingerprint density at radius 3 is 2.61 bits per heavy atom. The Balaban J connectivity index is 1.65. The van der Waals surface area contributed by atoms with E-state index in [-0.39, 0.29) is 5.91 Å². The Labute approximate surface area is 169 Å². The van der Waals surface area contributed by atoms with E-state index in [4.69, 9.17) is 11.6 Å². The summed E-state index contributed by atoms with van der Waals surface area (Å²) in [7, 11) is 0. The normalized spacial score (nSPS) is 20.5. The van der Waals surface area contributed by atoms with Crippen molar-refractivity contribution in [1.82, 2.24) is 9.78 Å². The fourth-order valence-corrected chi connectivity index (χ4v) is 4.90.